The number of nitrogens with zero attached hydrogens (tertiary/aromatic N) is 4. The van der Waals surface area contributed by atoms with Crippen LogP contribution in [0, 0.1) is 5.92 Å². The molecule has 7 heteroatoms. The smallest absolute Gasteiger partial charge is 0.241 e. The molecule has 1 saturated carbocycles. The number of hydrazine groups is 1. The number of aromatic amines is 1. The van der Waals surface area contributed by atoms with E-state index in [0.29, 0.717) is 12.0 Å². The fourth-order valence-corrected chi connectivity index (χ4v) is 3.82. The SMILES string of the molecule is NNc1nc(N2CCCC3CCCC32)c2cn[nH]c2n1. The second kappa shape index (κ2) is 4.59. The van der Waals surface area contributed by atoms with Crippen LogP contribution in [0.2, 0.25) is 0 Å². The van der Waals surface area contributed by atoms with Crippen LogP contribution in [0.5, 0.6) is 0 Å². The van der Waals surface area contributed by atoms with Crippen molar-refractivity contribution in [3.8, 4) is 0 Å². The van der Waals surface area contributed by atoms with Crippen molar-refractivity contribution < 1.29 is 0 Å². The number of aromatic nitrogens is 4. The van der Waals surface area contributed by atoms with Gasteiger partial charge in [0.25, 0.3) is 0 Å². The summed E-state index contributed by atoms with van der Waals surface area (Å²) < 4.78 is 0. The van der Waals surface area contributed by atoms with Crippen molar-refractivity contribution in [2.75, 3.05) is 16.9 Å². The van der Waals surface area contributed by atoms with E-state index in [9.17, 15) is 0 Å². The van der Waals surface area contributed by atoms with Crippen LogP contribution in [0.1, 0.15) is 32.1 Å². The first-order valence-corrected chi connectivity index (χ1v) is 7.31. The highest BCUT2D eigenvalue weighted by molar-refractivity contribution is 5.87. The van der Waals surface area contributed by atoms with Crippen LogP contribution in [-0.4, -0.2) is 32.8 Å². The van der Waals surface area contributed by atoms with E-state index in [1.165, 1.54) is 32.1 Å². The highest BCUT2D eigenvalue weighted by Crippen LogP contribution is 2.40. The molecule has 106 valence electrons. The number of H-pyrrole nitrogens is 1. The first-order chi connectivity index (χ1) is 9.86. The van der Waals surface area contributed by atoms with Gasteiger partial charge in [0.15, 0.2) is 5.65 Å². The summed E-state index contributed by atoms with van der Waals surface area (Å²) in [4.78, 5) is 11.3. The Morgan fingerprint density at radius 3 is 3.05 bits per heavy atom. The molecule has 0 amide bonds. The minimum Gasteiger partial charge on any atom is -0.353 e. The Labute approximate surface area is 116 Å². The predicted molar refractivity (Wildman–Crippen MR) is 77.2 cm³/mol. The lowest BCUT2D eigenvalue weighted by Gasteiger charge is -2.38. The standard InChI is InChI=1S/C13H19N7/c14-18-13-16-11-9(7-15-19-11)12(17-13)20-6-2-4-8-3-1-5-10(8)20/h7-8,10H,1-6,14H2,(H2,15,16,17,18,19). The Balaban J connectivity index is 1.81. The average molecular weight is 273 g/mol. The zero-order valence-corrected chi connectivity index (χ0v) is 11.3. The van der Waals surface area contributed by atoms with Crippen LogP contribution in [0.15, 0.2) is 6.20 Å². The summed E-state index contributed by atoms with van der Waals surface area (Å²) in [7, 11) is 0. The molecule has 2 atom stereocenters. The number of nitrogens with one attached hydrogen (secondary N) is 2. The molecule has 0 spiro atoms. The number of nitrogens with two attached hydrogens (primary N) is 1. The minimum absolute atomic E-state index is 0.442. The highest BCUT2D eigenvalue weighted by Gasteiger charge is 2.36. The van der Waals surface area contributed by atoms with Crippen LogP contribution in [0.4, 0.5) is 11.8 Å². The fourth-order valence-electron chi connectivity index (χ4n) is 3.82. The molecule has 2 fully saturated rings. The van der Waals surface area contributed by atoms with Gasteiger partial charge in [0.2, 0.25) is 5.95 Å². The largest absolute Gasteiger partial charge is 0.353 e. The number of nitrogen functional groups attached to an aromatic ring is 1. The number of rotatable bonds is 2. The Bertz CT molecular complexity index is 622. The third-order valence-electron chi connectivity index (χ3n) is 4.68. The summed E-state index contributed by atoms with van der Waals surface area (Å²) in [5.74, 6) is 7.71. The number of fused-ring (bicyclic) bond motifs is 2. The second-order valence-electron chi connectivity index (χ2n) is 5.74. The number of piperidine rings is 1. The molecule has 20 heavy (non-hydrogen) atoms. The normalized spacial score (nSPS) is 25.9. The van der Waals surface area contributed by atoms with Gasteiger partial charge in [-0.05, 0) is 31.6 Å². The molecular formula is C13H19N7. The molecule has 1 aliphatic heterocycles. The zero-order chi connectivity index (χ0) is 13.5. The number of hydrogen-bond donors (Lipinski definition) is 3. The Hall–Kier alpha value is -1.89. The molecule has 1 aliphatic carbocycles. The van der Waals surface area contributed by atoms with Crippen molar-refractivity contribution in [2.45, 2.75) is 38.1 Å². The predicted octanol–water partition coefficient (Wildman–Crippen LogP) is 1.41. The topological polar surface area (TPSA) is 95.7 Å². The van der Waals surface area contributed by atoms with Gasteiger partial charge >= 0.3 is 0 Å². The van der Waals surface area contributed by atoms with E-state index in [2.05, 4.69) is 30.5 Å². The van der Waals surface area contributed by atoms with Gasteiger partial charge < -0.3 is 4.90 Å². The van der Waals surface area contributed by atoms with E-state index in [4.69, 9.17) is 5.84 Å². The minimum atomic E-state index is 0.442. The van der Waals surface area contributed by atoms with Crippen molar-refractivity contribution in [1.82, 2.24) is 20.2 Å². The van der Waals surface area contributed by atoms with E-state index in [0.717, 1.165) is 29.3 Å². The molecule has 3 heterocycles. The summed E-state index contributed by atoms with van der Waals surface area (Å²) in [5, 5.41) is 7.99. The van der Waals surface area contributed by atoms with Gasteiger partial charge in [-0.2, -0.15) is 15.1 Å². The Morgan fingerprint density at radius 1 is 1.25 bits per heavy atom. The monoisotopic (exact) mass is 273 g/mol. The van der Waals surface area contributed by atoms with Gasteiger partial charge in [-0.3, -0.25) is 10.5 Å². The van der Waals surface area contributed by atoms with Crippen molar-refractivity contribution in [2.24, 2.45) is 11.8 Å². The van der Waals surface area contributed by atoms with Crippen LogP contribution in [0.25, 0.3) is 11.0 Å². The van der Waals surface area contributed by atoms with Gasteiger partial charge in [-0.1, -0.05) is 6.42 Å². The van der Waals surface area contributed by atoms with Gasteiger partial charge in [-0.15, -0.1) is 0 Å². The lowest BCUT2D eigenvalue weighted by molar-refractivity contribution is 0.361. The lowest BCUT2D eigenvalue weighted by atomic mass is 9.92. The summed E-state index contributed by atoms with van der Waals surface area (Å²) >= 11 is 0. The number of anilines is 2. The first kappa shape index (κ1) is 11.9. The average Bonchev–Trinajstić information content (AvgIpc) is 3.14. The molecule has 2 aromatic rings. The van der Waals surface area contributed by atoms with Crippen LogP contribution < -0.4 is 16.2 Å². The molecule has 0 aromatic carbocycles. The molecule has 0 bridgehead atoms. The van der Waals surface area contributed by atoms with E-state index in [-0.39, 0.29) is 0 Å². The molecule has 1 saturated heterocycles. The molecule has 4 N–H and O–H groups in total. The molecule has 2 unspecified atom stereocenters. The Kier molecular flexibility index (Phi) is 2.73. The van der Waals surface area contributed by atoms with Crippen molar-refractivity contribution >= 4 is 22.8 Å². The van der Waals surface area contributed by atoms with Crippen LogP contribution >= 0.6 is 0 Å². The highest BCUT2D eigenvalue weighted by atomic mass is 15.3. The molecular weight excluding hydrogens is 254 g/mol. The van der Waals surface area contributed by atoms with E-state index in [1.54, 1.807) is 0 Å². The fraction of sp³-hybridized carbons (Fsp3) is 0.615. The van der Waals surface area contributed by atoms with Crippen molar-refractivity contribution in [1.29, 1.82) is 0 Å². The summed E-state index contributed by atoms with van der Waals surface area (Å²) in [6, 6.07) is 0.613. The maximum atomic E-state index is 5.49. The van der Waals surface area contributed by atoms with Crippen LogP contribution in [0.3, 0.4) is 0 Å². The summed E-state index contributed by atoms with van der Waals surface area (Å²) in [6.45, 7) is 1.06. The second-order valence-corrected chi connectivity index (χ2v) is 5.74. The van der Waals surface area contributed by atoms with Crippen molar-refractivity contribution in [3.63, 3.8) is 0 Å². The van der Waals surface area contributed by atoms with E-state index in [1.807, 2.05) is 6.20 Å². The quantitative estimate of drug-likeness (QED) is 0.565. The molecule has 4 rings (SSSR count). The van der Waals surface area contributed by atoms with Crippen molar-refractivity contribution in [3.05, 3.63) is 6.20 Å². The van der Waals surface area contributed by atoms with E-state index < -0.39 is 0 Å². The molecule has 2 aromatic heterocycles. The van der Waals surface area contributed by atoms with Gasteiger partial charge in [0.05, 0.1) is 11.6 Å². The lowest BCUT2D eigenvalue weighted by Crippen LogP contribution is -2.43. The third kappa shape index (κ3) is 1.73. The summed E-state index contributed by atoms with van der Waals surface area (Å²) in [5.41, 5.74) is 3.29. The van der Waals surface area contributed by atoms with Gasteiger partial charge in [-0.25, -0.2) is 5.84 Å². The first-order valence-electron chi connectivity index (χ1n) is 7.31. The molecule has 2 aliphatic rings. The maximum absolute atomic E-state index is 5.49. The Morgan fingerprint density at radius 2 is 2.15 bits per heavy atom. The maximum Gasteiger partial charge on any atom is 0.241 e. The van der Waals surface area contributed by atoms with Gasteiger partial charge in [0.1, 0.15) is 5.82 Å². The van der Waals surface area contributed by atoms with E-state index >= 15 is 0 Å². The van der Waals surface area contributed by atoms with Gasteiger partial charge in [0, 0.05) is 12.6 Å². The zero-order valence-electron chi connectivity index (χ0n) is 11.3. The van der Waals surface area contributed by atoms with Crippen LogP contribution in [-0.2, 0) is 0 Å². The third-order valence-corrected chi connectivity index (χ3v) is 4.68. The number of hydrogen-bond acceptors (Lipinski definition) is 6. The molecule has 7 nitrogen and oxygen atoms in total. The summed E-state index contributed by atoms with van der Waals surface area (Å²) in [6.07, 6.45) is 8.33. The molecule has 0 radical (unpaired) electrons.